The van der Waals surface area contributed by atoms with Gasteiger partial charge in [-0.1, -0.05) is 18.9 Å². The van der Waals surface area contributed by atoms with Crippen LogP contribution >= 0.6 is 0 Å². The van der Waals surface area contributed by atoms with Crippen LogP contribution in [0.1, 0.15) is 36.0 Å². The Morgan fingerprint density at radius 3 is 2.43 bits per heavy atom. The van der Waals surface area contributed by atoms with Crippen LogP contribution in [0.4, 0.5) is 11.4 Å². The van der Waals surface area contributed by atoms with Crippen LogP contribution in [0.3, 0.4) is 0 Å². The van der Waals surface area contributed by atoms with Gasteiger partial charge in [-0.05, 0) is 43.2 Å². The Balaban J connectivity index is 1.60. The van der Waals surface area contributed by atoms with Crippen molar-refractivity contribution in [2.45, 2.75) is 25.7 Å². The fraction of sp³-hybridized carbons (Fsp3) is 0.391. The van der Waals surface area contributed by atoms with Crippen molar-refractivity contribution in [3.8, 4) is 11.5 Å². The second-order valence-electron chi connectivity index (χ2n) is 7.26. The zero-order valence-electron chi connectivity index (χ0n) is 17.6. The number of anilines is 2. The second-order valence-corrected chi connectivity index (χ2v) is 7.26. The summed E-state index contributed by atoms with van der Waals surface area (Å²) in [4.78, 5) is 27.1. The summed E-state index contributed by atoms with van der Waals surface area (Å²) in [6.45, 7) is 1.67. The van der Waals surface area contributed by atoms with Crippen molar-refractivity contribution >= 4 is 23.2 Å². The maximum atomic E-state index is 12.8. The van der Waals surface area contributed by atoms with Gasteiger partial charge in [-0.2, -0.15) is 0 Å². The number of rotatable bonds is 7. The molecule has 7 nitrogen and oxygen atoms in total. The van der Waals surface area contributed by atoms with Gasteiger partial charge in [-0.15, -0.1) is 0 Å². The summed E-state index contributed by atoms with van der Waals surface area (Å²) in [5.74, 6) is 0.991. The van der Waals surface area contributed by atoms with Crippen molar-refractivity contribution in [3.05, 3.63) is 48.0 Å². The number of nitrogens with one attached hydrogen (secondary N) is 2. The van der Waals surface area contributed by atoms with Gasteiger partial charge in [0.15, 0.2) is 0 Å². The molecule has 2 N–H and O–H groups in total. The summed E-state index contributed by atoms with van der Waals surface area (Å²) in [5.41, 5.74) is 1.90. The average Bonchev–Trinajstić information content (AvgIpc) is 3.07. The lowest BCUT2D eigenvalue weighted by molar-refractivity contribution is -0.114. The fourth-order valence-electron chi connectivity index (χ4n) is 3.51. The number of carbonyl (C=O) groups is 2. The first-order chi connectivity index (χ1) is 14.6. The molecule has 0 saturated carbocycles. The summed E-state index contributed by atoms with van der Waals surface area (Å²) < 4.78 is 10.5. The molecule has 1 saturated heterocycles. The zero-order valence-corrected chi connectivity index (χ0v) is 17.6. The highest BCUT2D eigenvalue weighted by atomic mass is 16.5. The summed E-state index contributed by atoms with van der Waals surface area (Å²) in [7, 11) is 3.11. The Morgan fingerprint density at radius 2 is 1.73 bits per heavy atom. The SMILES string of the molecule is COc1ccc(OC)c(NC(=O)CNc2cccc(C(=O)N3CCCCCC3)c2)c1. The Kier molecular flexibility index (Phi) is 7.54. The number of nitrogens with zero attached hydrogens (tertiary/aromatic N) is 1. The largest absolute Gasteiger partial charge is 0.497 e. The van der Waals surface area contributed by atoms with Crippen LogP contribution in [0.15, 0.2) is 42.5 Å². The number of hydrogen-bond donors (Lipinski definition) is 2. The minimum Gasteiger partial charge on any atom is -0.497 e. The van der Waals surface area contributed by atoms with E-state index in [0.717, 1.165) is 31.6 Å². The normalized spacial score (nSPS) is 13.9. The summed E-state index contributed by atoms with van der Waals surface area (Å²) in [6, 6.07) is 12.5. The van der Waals surface area contributed by atoms with Crippen molar-refractivity contribution in [1.29, 1.82) is 0 Å². The number of ether oxygens (including phenoxy) is 2. The van der Waals surface area contributed by atoms with Crippen LogP contribution in [0.2, 0.25) is 0 Å². The molecular formula is C23H29N3O4. The Labute approximate surface area is 177 Å². The first-order valence-electron chi connectivity index (χ1n) is 10.3. The Bertz CT molecular complexity index is 877. The van der Waals surface area contributed by atoms with E-state index < -0.39 is 0 Å². The van der Waals surface area contributed by atoms with Crippen LogP contribution < -0.4 is 20.1 Å². The fourth-order valence-corrected chi connectivity index (χ4v) is 3.51. The van der Waals surface area contributed by atoms with E-state index in [2.05, 4.69) is 10.6 Å². The number of carbonyl (C=O) groups excluding carboxylic acids is 2. The highest BCUT2D eigenvalue weighted by molar-refractivity contribution is 5.97. The first-order valence-corrected chi connectivity index (χ1v) is 10.3. The van der Waals surface area contributed by atoms with E-state index >= 15 is 0 Å². The molecule has 2 aromatic carbocycles. The van der Waals surface area contributed by atoms with Gasteiger partial charge in [-0.3, -0.25) is 9.59 Å². The third kappa shape index (κ3) is 5.65. The molecule has 0 atom stereocenters. The maximum absolute atomic E-state index is 12.8. The second kappa shape index (κ2) is 10.5. The lowest BCUT2D eigenvalue weighted by atomic mass is 10.1. The lowest BCUT2D eigenvalue weighted by Crippen LogP contribution is -2.31. The van der Waals surface area contributed by atoms with E-state index in [4.69, 9.17) is 9.47 Å². The third-order valence-electron chi connectivity index (χ3n) is 5.14. The molecule has 1 heterocycles. The molecule has 1 aliphatic rings. The molecule has 1 fully saturated rings. The van der Waals surface area contributed by atoms with Gasteiger partial charge in [0.05, 0.1) is 26.5 Å². The third-order valence-corrected chi connectivity index (χ3v) is 5.14. The van der Waals surface area contributed by atoms with E-state index in [1.807, 2.05) is 23.1 Å². The Morgan fingerprint density at radius 1 is 0.967 bits per heavy atom. The minimum atomic E-state index is -0.231. The van der Waals surface area contributed by atoms with Crippen LogP contribution in [0, 0.1) is 0 Å². The minimum absolute atomic E-state index is 0.0473. The van der Waals surface area contributed by atoms with E-state index in [9.17, 15) is 9.59 Å². The first kappa shape index (κ1) is 21.5. The van der Waals surface area contributed by atoms with Crippen LogP contribution in [-0.2, 0) is 4.79 Å². The van der Waals surface area contributed by atoms with Crippen molar-refractivity contribution in [1.82, 2.24) is 4.90 Å². The van der Waals surface area contributed by atoms with Crippen molar-refractivity contribution < 1.29 is 19.1 Å². The van der Waals surface area contributed by atoms with Crippen LogP contribution in [-0.4, -0.2) is 50.6 Å². The molecule has 7 heteroatoms. The predicted octanol–water partition coefficient (Wildman–Crippen LogP) is 3.77. The summed E-state index contributed by atoms with van der Waals surface area (Å²) in [5, 5.41) is 5.91. The van der Waals surface area contributed by atoms with Gasteiger partial charge >= 0.3 is 0 Å². The highest BCUT2D eigenvalue weighted by Gasteiger charge is 2.17. The molecule has 2 amide bonds. The molecule has 2 aromatic rings. The number of likely N-dealkylation sites (tertiary alicyclic amines) is 1. The molecule has 0 unspecified atom stereocenters. The van der Waals surface area contributed by atoms with E-state index in [1.54, 1.807) is 38.5 Å². The van der Waals surface area contributed by atoms with Gasteiger partial charge in [0, 0.05) is 30.4 Å². The number of hydrogen-bond acceptors (Lipinski definition) is 5. The zero-order chi connectivity index (χ0) is 21.3. The topological polar surface area (TPSA) is 79.9 Å². The van der Waals surface area contributed by atoms with Crippen molar-refractivity contribution in [2.75, 3.05) is 44.5 Å². The summed E-state index contributed by atoms with van der Waals surface area (Å²) in [6.07, 6.45) is 4.46. The highest BCUT2D eigenvalue weighted by Crippen LogP contribution is 2.28. The number of benzene rings is 2. The average molecular weight is 412 g/mol. The molecule has 3 rings (SSSR count). The van der Waals surface area contributed by atoms with Gasteiger partial charge in [-0.25, -0.2) is 0 Å². The molecule has 1 aliphatic heterocycles. The van der Waals surface area contributed by atoms with Crippen LogP contribution in [0.25, 0.3) is 0 Å². The molecule has 0 bridgehead atoms. The van der Waals surface area contributed by atoms with Gasteiger partial charge in [0.1, 0.15) is 11.5 Å². The maximum Gasteiger partial charge on any atom is 0.253 e. The number of methoxy groups -OCH3 is 2. The Hall–Kier alpha value is -3.22. The van der Waals surface area contributed by atoms with Crippen molar-refractivity contribution in [2.24, 2.45) is 0 Å². The predicted molar refractivity (Wildman–Crippen MR) is 117 cm³/mol. The standard InChI is InChI=1S/C23H29N3O4/c1-29-19-10-11-21(30-2)20(15-19)25-22(27)16-24-18-9-7-8-17(14-18)23(28)26-12-5-3-4-6-13-26/h7-11,14-15,24H,3-6,12-13,16H2,1-2H3,(H,25,27). The van der Waals surface area contributed by atoms with E-state index in [1.165, 1.54) is 12.8 Å². The van der Waals surface area contributed by atoms with Gasteiger partial charge in [0.25, 0.3) is 5.91 Å². The smallest absolute Gasteiger partial charge is 0.253 e. The molecule has 0 radical (unpaired) electrons. The molecule has 0 spiro atoms. The van der Waals surface area contributed by atoms with Gasteiger partial charge in [0.2, 0.25) is 5.91 Å². The molecule has 160 valence electrons. The van der Waals surface area contributed by atoms with E-state index in [0.29, 0.717) is 22.7 Å². The lowest BCUT2D eigenvalue weighted by Gasteiger charge is -2.20. The quantitative estimate of drug-likeness (QED) is 0.725. The van der Waals surface area contributed by atoms with Gasteiger partial charge < -0.3 is 25.0 Å². The monoisotopic (exact) mass is 411 g/mol. The molecule has 30 heavy (non-hydrogen) atoms. The van der Waals surface area contributed by atoms with Crippen molar-refractivity contribution in [3.63, 3.8) is 0 Å². The van der Waals surface area contributed by atoms with E-state index in [-0.39, 0.29) is 18.4 Å². The van der Waals surface area contributed by atoms with Crippen LogP contribution in [0.5, 0.6) is 11.5 Å². The molecule has 0 aliphatic carbocycles. The number of amides is 2. The molecule has 0 aromatic heterocycles. The molecular weight excluding hydrogens is 382 g/mol. The summed E-state index contributed by atoms with van der Waals surface area (Å²) >= 11 is 0.